The fourth-order valence-corrected chi connectivity index (χ4v) is 5.42. The van der Waals surface area contributed by atoms with Crippen LogP contribution in [0, 0.1) is 5.92 Å². The van der Waals surface area contributed by atoms with Gasteiger partial charge < -0.3 is 29.2 Å². The minimum absolute atomic E-state index is 0.0778. The Morgan fingerprint density at radius 1 is 1.18 bits per heavy atom. The minimum atomic E-state index is -3.12. The number of carbonyl (C=O) groups excluding carboxylic acids is 1. The topological polar surface area (TPSA) is 100 Å². The lowest BCUT2D eigenvalue weighted by Gasteiger charge is -2.33. The van der Waals surface area contributed by atoms with Crippen LogP contribution in [0.25, 0.3) is 33.6 Å². The number of pyridine rings is 1. The summed E-state index contributed by atoms with van der Waals surface area (Å²) in [6.07, 6.45) is 1.15. The van der Waals surface area contributed by atoms with Gasteiger partial charge in [0.25, 0.3) is 5.91 Å². The molecule has 2 aliphatic rings. The highest BCUT2D eigenvalue weighted by Gasteiger charge is 2.31. The predicted molar refractivity (Wildman–Crippen MR) is 139 cm³/mol. The fraction of sp³-hybridized carbons (Fsp3) is 0.444. The van der Waals surface area contributed by atoms with Crippen molar-refractivity contribution in [2.24, 2.45) is 18.7 Å². The van der Waals surface area contributed by atoms with Crippen LogP contribution in [0.15, 0.2) is 30.3 Å². The molecule has 4 aromatic rings. The number of carbonyl (C=O) groups is 1. The molecule has 0 unspecified atom stereocenters. The number of alkyl halides is 3. The molecule has 1 saturated heterocycles. The first-order valence-electron chi connectivity index (χ1n) is 12.9. The Labute approximate surface area is 222 Å². The van der Waals surface area contributed by atoms with Gasteiger partial charge >= 0.3 is 6.61 Å². The van der Waals surface area contributed by atoms with Gasteiger partial charge in [0.1, 0.15) is 17.3 Å². The van der Waals surface area contributed by atoms with Crippen molar-refractivity contribution in [3.8, 4) is 23.1 Å². The third kappa shape index (κ3) is 4.77. The number of ether oxygens (including phenoxy) is 2. The zero-order valence-corrected chi connectivity index (χ0v) is 21.6. The summed E-state index contributed by atoms with van der Waals surface area (Å²) in [7, 11) is 3.28. The number of rotatable bonds is 7. The second-order valence-electron chi connectivity index (χ2n) is 10.4. The smallest absolute Gasteiger partial charge is 0.387 e. The number of fused-ring (bicyclic) bond motifs is 2. The van der Waals surface area contributed by atoms with E-state index in [0.29, 0.717) is 28.7 Å². The van der Waals surface area contributed by atoms with Crippen molar-refractivity contribution in [1.29, 1.82) is 0 Å². The van der Waals surface area contributed by atoms with Crippen LogP contribution in [0.5, 0.6) is 11.6 Å². The Morgan fingerprint density at radius 2 is 1.97 bits per heavy atom. The van der Waals surface area contributed by atoms with Gasteiger partial charge in [-0.15, -0.1) is 0 Å². The Balaban J connectivity index is 1.49. The number of aromatic nitrogens is 4. The molecule has 0 radical (unpaired) electrons. The van der Waals surface area contributed by atoms with Gasteiger partial charge in [0.15, 0.2) is 11.6 Å². The van der Waals surface area contributed by atoms with E-state index in [4.69, 9.17) is 20.2 Å². The van der Waals surface area contributed by atoms with E-state index in [-0.39, 0.29) is 30.8 Å². The van der Waals surface area contributed by atoms with Crippen LogP contribution in [-0.2, 0) is 13.6 Å². The monoisotopic (exact) mass is 542 g/mol. The molecule has 1 aliphatic heterocycles. The van der Waals surface area contributed by atoms with Crippen LogP contribution >= 0.6 is 0 Å². The third-order valence-electron chi connectivity index (χ3n) is 7.41. The van der Waals surface area contributed by atoms with Crippen LogP contribution in [0.1, 0.15) is 29.6 Å². The molecular formula is C27H29F3N6O3. The average Bonchev–Trinajstić information content (AvgIpc) is 3.56. The summed E-state index contributed by atoms with van der Waals surface area (Å²) in [5.41, 5.74) is 8.12. The number of hydrogen-bond acceptors (Lipinski definition) is 6. The molecule has 1 aliphatic carbocycles. The van der Waals surface area contributed by atoms with Crippen LogP contribution in [0.4, 0.5) is 13.2 Å². The van der Waals surface area contributed by atoms with Gasteiger partial charge in [0, 0.05) is 43.2 Å². The van der Waals surface area contributed by atoms with E-state index in [9.17, 15) is 18.0 Å². The van der Waals surface area contributed by atoms with Crippen molar-refractivity contribution in [3.05, 3.63) is 35.9 Å². The highest BCUT2D eigenvalue weighted by molar-refractivity contribution is 6.00. The maximum absolute atomic E-state index is 14.1. The molecule has 2 N–H and O–H groups in total. The lowest BCUT2D eigenvalue weighted by atomic mass is 10.0. The molecule has 2 atom stereocenters. The van der Waals surface area contributed by atoms with Gasteiger partial charge in [-0.25, -0.2) is 9.37 Å². The average molecular weight is 543 g/mol. The molecule has 2 fully saturated rings. The molecular weight excluding hydrogens is 513 g/mol. The molecule has 3 aromatic heterocycles. The summed E-state index contributed by atoms with van der Waals surface area (Å²) in [6, 6.07) is 7.95. The fourth-order valence-electron chi connectivity index (χ4n) is 5.42. The first-order chi connectivity index (χ1) is 18.7. The summed E-state index contributed by atoms with van der Waals surface area (Å²) in [6.45, 7) is -2.33. The van der Waals surface area contributed by atoms with Crippen molar-refractivity contribution < 1.29 is 27.4 Å². The highest BCUT2D eigenvalue weighted by atomic mass is 19.3. The summed E-state index contributed by atoms with van der Waals surface area (Å²) in [5, 5.41) is 0.889. The Bertz CT molecular complexity index is 1550. The van der Waals surface area contributed by atoms with E-state index < -0.39 is 24.7 Å². The largest absolute Gasteiger partial charge is 0.481 e. The summed E-state index contributed by atoms with van der Waals surface area (Å²) in [5.74, 6) is 0.808. The molecule has 39 heavy (non-hydrogen) atoms. The molecule has 9 nitrogen and oxygen atoms in total. The number of benzene rings is 1. The number of methoxy groups -OCH3 is 1. The molecule has 0 spiro atoms. The first-order valence-corrected chi connectivity index (χ1v) is 12.9. The quantitative estimate of drug-likeness (QED) is 0.377. The molecule has 1 amide bonds. The first kappa shape index (κ1) is 25.5. The van der Waals surface area contributed by atoms with Gasteiger partial charge in [-0.3, -0.25) is 4.79 Å². The number of halogens is 3. The zero-order chi connectivity index (χ0) is 27.4. The Kier molecular flexibility index (Phi) is 6.37. The van der Waals surface area contributed by atoms with Crippen molar-refractivity contribution in [2.45, 2.75) is 44.6 Å². The molecule has 6 rings (SSSR count). The van der Waals surface area contributed by atoms with Crippen LogP contribution in [0.2, 0.25) is 0 Å². The number of nitrogens with zero attached hydrogens (tertiary/aromatic N) is 5. The number of hydrogen-bond donors (Lipinski definition) is 1. The Morgan fingerprint density at radius 3 is 2.67 bits per heavy atom. The van der Waals surface area contributed by atoms with Gasteiger partial charge in [0.2, 0.25) is 5.88 Å². The predicted octanol–water partition coefficient (Wildman–Crippen LogP) is 4.12. The van der Waals surface area contributed by atoms with Crippen molar-refractivity contribution in [1.82, 2.24) is 24.0 Å². The maximum atomic E-state index is 14.1. The summed E-state index contributed by atoms with van der Waals surface area (Å²) >= 11 is 0. The standard InChI is InChI=1S/C27H29F3N6O3/c1-34-23-19(7-16(9-21(23)39-27(29)30)26(37)35-12-17(28)10-18(31)13-35)32-25(34)20-8-15-5-6-22(38-2)33-24(15)36(20)11-14-3-4-14/h5-9,14,17-18,27H,3-4,10-13,31H2,1-2H3/t17-,18-/m1/s1. The third-order valence-corrected chi connectivity index (χ3v) is 7.41. The van der Waals surface area contributed by atoms with Crippen LogP contribution in [0.3, 0.4) is 0 Å². The summed E-state index contributed by atoms with van der Waals surface area (Å²) in [4.78, 5) is 24.0. The number of amides is 1. The second-order valence-corrected chi connectivity index (χ2v) is 10.4. The Hall–Kier alpha value is -3.80. The SMILES string of the molecule is COc1ccc2cc(-c3nc4cc(C(=O)N5C[C@H](N)C[C@@H](F)C5)cc(OC(F)F)c4n3C)n(CC3CC3)c2n1. The number of aryl methyl sites for hydroxylation is 1. The number of piperidine rings is 1. The highest BCUT2D eigenvalue weighted by Crippen LogP contribution is 2.38. The lowest BCUT2D eigenvalue weighted by molar-refractivity contribution is -0.0490. The van der Waals surface area contributed by atoms with E-state index in [1.807, 2.05) is 12.1 Å². The molecule has 12 heteroatoms. The van der Waals surface area contributed by atoms with E-state index >= 15 is 0 Å². The maximum Gasteiger partial charge on any atom is 0.387 e. The van der Waals surface area contributed by atoms with Gasteiger partial charge in [0.05, 0.1) is 24.9 Å². The minimum Gasteiger partial charge on any atom is -0.481 e. The molecule has 1 saturated carbocycles. The normalized spacial score (nSPS) is 19.8. The molecule has 0 bridgehead atoms. The van der Waals surface area contributed by atoms with Gasteiger partial charge in [-0.05, 0) is 49.4 Å². The van der Waals surface area contributed by atoms with Gasteiger partial charge in [-0.2, -0.15) is 13.8 Å². The number of nitrogens with two attached hydrogens (primary N) is 1. The van der Waals surface area contributed by atoms with E-state index in [1.54, 1.807) is 24.8 Å². The van der Waals surface area contributed by atoms with E-state index in [0.717, 1.165) is 36.1 Å². The molecule has 4 heterocycles. The number of likely N-dealkylation sites (tertiary alicyclic amines) is 1. The zero-order valence-electron chi connectivity index (χ0n) is 21.6. The summed E-state index contributed by atoms with van der Waals surface area (Å²) < 4.78 is 55.1. The second kappa shape index (κ2) is 9.74. The number of imidazole rings is 1. The van der Waals surface area contributed by atoms with Gasteiger partial charge in [-0.1, -0.05) is 0 Å². The van der Waals surface area contributed by atoms with Crippen LogP contribution < -0.4 is 15.2 Å². The van der Waals surface area contributed by atoms with Crippen molar-refractivity contribution >= 4 is 28.0 Å². The lowest BCUT2D eigenvalue weighted by Crippen LogP contribution is -2.50. The van der Waals surface area contributed by atoms with E-state index in [1.165, 1.54) is 17.0 Å². The van der Waals surface area contributed by atoms with E-state index in [2.05, 4.69) is 9.55 Å². The molecule has 206 valence electrons. The molecule has 1 aromatic carbocycles. The van der Waals surface area contributed by atoms with Crippen molar-refractivity contribution in [2.75, 3.05) is 20.2 Å². The van der Waals surface area contributed by atoms with Crippen LogP contribution in [-0.4, -0.2) is 68.9 Å². The van der Waals surface area contributed by atoms with Crippen molar-refractivity contribution in [3.63, 3.8) is 0 Å².